The Balaban J connectivity index is 1.80. The number of carbonyl (C=O) groups excluding carboxylic acids is 1. The zero-order valence-electron chi connectivity index (χ0n) is 12.2. The quantitative estimate of drug-likeness (QED) is 0.748. The zero-order valence-corrected chi connectivity index (χ0v) is 12.2. The SMILES string of the molecule is Cc1cnc(CCC(=O)c2ccc3cccnc3c2O)cn1. The molecule has 5 heteroatoms. The number of hydrogen-bond donors (Lipinski definition) is 1. The minimum Gasteiger partial charge on any atom is -0.505 e. The van der Waals surface area contributed by atoms with E-state index in [9.17, 15) is 9.90 Å². The van der Waals surface area contributed by atoms with Gasteiger partial charge in [-0.2, -0.15) is 0 Å². The molecule has 2 aromatic heterocycles. The van der Waals surface area contributed by atoms with Crippen LogP contribution in [-0.2, 0) is 6.42 Å². The van der Waals surface area contributed by atoms with Gasteiger partial charge in [-0.15, -0.1) is 0 Å². The number of Topliss-reactive ketones (excluding diaryl/α,β-unsaturated/α-hetero) is 1. The van der Waals surface area contributed by atoms with Gasteiger partial charge in [-0.1, -0.05) is 12.1 Å². The van der Waals surface area contributed by atoms with Crippen molar-refractivity contribution in [1.29, 1.82) is 0 Å². The largest absolute Gasteiger partial charge is 0.505 e. The fourth-order valence-electron chi connectivity index (χ4n) is 2.28. The van der Waals surface area contributed by atoms with Crippen LogP contribution in [0.3, 0.4) is 0 Å². The number of aryl methyl sites for hydroxylation is 2. The Labute approximate surface area is 127 Å². The normalized spacial score (nSPS) is 10.8. The second kappa shape index (κ2) is 5.89. The van der Waals surface area contributed by atoms with Crippen LogP contribution >= 0.6 is 0 Å². The van der Waals surface area contributed by atoms with Gasteiger partial charge in [-0.3, -0.25) is 19.7 Å². The summed E-state index contributed by atoms with van der Waals surface area (Å²) in [5.41, 5.74) is 2.35. The molecule has 5 nitrogen and oxygen atoms in total. The summed E-state index contributed by atoms with van der Waals surface area (Å²) >= 11 is 0. The second-order valence-corrected chi connectivity index (χ2v) is 5.11. The number of hydrogen-bond acceptors (Lipinski definition) is 5. The predicted molar refractivity (Wildman–Crippen MR) is 82.8 cm³/mol. The molecule has 1 aromatic carbocycles. The van der Waals surface area contributed by atoms with Crippen molar-refractivity contribution < 1.29 is 9.90 Å². The van der Waals surface area contributed by atoms with Crippen molar-refractivity contribution in [2.75, 3.05) is 0 Å². The van der Waals surface area contributed by atoms with E-state index in [0.29, 0.717) is 17.5 Å². The molecule has 0 bridgehead atoms. The number of phenolic OH excluding ortho intramolecular Hbond substituents is 1. The molecule has 0 aliphatic rings. The first-order chi connectivity index (χ1) is 10.6. The van der Waals surface area contributed by atoms with Gasteiger partial charge in [0.25, 0.3) is 0 Å². The second-order valence-electron chi connectivity index (χ2n) is 5.11. The molecule has 0 aliphatic carbocycles. The number of pyridine rings is 1. The summed E-state index contributed by atoms with van der Waals surface area (Å²) in [5.74, 6) is -0.189. The molecule has 0 atom stereocenters. The van der Waals surface area contributed by atoms with Crippen molar-refractivity contribution in [2.45, 2.75) is 19.8 Å². The summed E-state index contributed by atoms with van der Waals surface area (Å²) < 4.78 is 0. The van der Waals surface area contributed by atoms with Crippen LogP contribution in [0.5, 0.6) is 5.75 Å². The maximum atomic E-state index is 12.3. The monoisotopic (exact) mass is 293 g/mol. The maximum Gasteiger partial charge on any atom is 0.167 e. The lowest BCUT2D eigenvalue weighted by atomic mass is 10.0. The number of aromatic hydroxyl groups is 1. The van der Waals surface area contributed by atoms with Crippen LogP contribution < -0.4 is 0 Å². The van der Waals surface area contributed by atoms with E-state index in [1.54, 1.807) is 36.8 Å². The van der Waals surface area contributed by atoms with Gasteiger partial charge in [0.15, 0.2) is 11.5 Å². The summed E-state index contributed by atoms with van der Waals surface area (Å²) in [6.45, 7) is 1.86. The summed E-state index contributed by atoms with van der Waals surface area (Å²) in [4.78, 5) is 24.8. The van der Waals surface area contributed by atoms with Crippen LogP contribution in [0, 0.1) is 6.92 Å². The summed E-state index contributed by atoms with van der Waals surface area (Å²) in [7, 11) is 0. The van der Waals surface area contributed by atoms with E-state index in [1.165, 1.54) is 0 Å². The van der Waals surface area contributed by atoms with E-state index >= 15 is 0 Å². The third kappa shape index (κ3) is 2.79. The lowest BCUT2D eigenvalue weighted by molar-refractivity contribution is 0.0980. The third-order valence-corrected chi connectivity index (χ3v) is 3.49. The number of fused-ring (bicyclic) bond motifs is 1. The van der Waals surface area contributed by atoms with Gasteiger partial charge >= 0.3 is 0 Å². The number of ketones is 1. The summed E-state index contributed by atoms with van der Waals surface area (Å²) in [5, 5.41) is 11.0. The van der Waals surface area contributed by atoms with Gasteiger partial charge in [0.05, 0.1) is 17.0 Å². The molecule has 0 spiro atoms. The zero-order chi connectivity index (χ0) is 15.5. The van der Waals surface area contributed by atoms with Crippen LogP contribution in [0.4, 0.5) is 0 Å². The highest BCUT2D eigenvalue weighted by atomic mass is 16.3. The van der Waals surface area contributed by atoms with Crippen molar-refractivity contribution in [2.24, 2.45) is 0 Å². The highest BCUT2D eigenvalue weighted by molar-refractivity contribution is 6.03. The minimum atomic E-state index is -0.132. The molecule has 0 radical (unpaired) electrons. The topological polar surface area (TPSA) is 76.0 Å². The molecule has 0 saturated heterocycles. The number of rotatable bonds is 4. The molecule has 110 valence electrons. The van der Waals surface area contributed by atoms with Gasteiger partial charge in [0, 0.05) is 30.4 Å². The average Bonchev–Trinajstić information content (AvgIpc) is 2.55. The Hall–Kier alpha value is -2.82. The number of phenols is 1. The predicted octanol–water partition coefficient (Wildman–Crippen LogP) is 2.85. The van der Waals surface area contributed by atoms with Crippen LogP contribution in [-0.4, -0.2) is 25.8 Å². The molecule has 0 aliphatic heterocycles. The Morgan fingerprint density at radius 3 is 2.77 bits per heavy atom. The molecule has 0 amide bonds. The van der Waals surface area contributed by atoms with Crippen molar-refractivity contribution in [3.05, 3.63) is 59.8 Å². The number of benzene rings is 1. The van der Waals surface area contributed by atoms with E-state index in [4.69, 9.17) is 0 Å². The Morgan fingerprint density at radius 1 is 1.14 bits per heavy atom. The van der Waals surface area contributed by atoms with Gasteiger partial charge in [-0.25, -0.2) is 0 Å². The fourth-order valence-corrected chi connectivity index (χ4v) is 2.28. The molecule has 0 saturated carbocycles. The highest BCUT2D eigenvalue weighted by Crippen LogP contribution is 2.27. The van der Waals surface area contributed by atoms with Crippen LogP contribution in [0.2, 0.25) is 0 Å². The smallest absolute Gasteiger partial charge is 0.167 e. The maximum absolute atomic E-state index is 12.3. The molecule has 1 N–H and O–H groups in total. The molecule has 2 heterocycles. The lowest BCUT2D eigenvalue weighted by Crippen LogP contribution is -2.03. The van der Waals surface area contributed by atoms with E-state index in [0.717, 1.165) is 16.8 Å². The number of carbonyl (C=O) groups is 1. The van der Waals surface area contributed by atoms with Crippen molar-refractivity contribution >= 4 is 16.7 Å². The molecular formula is C17H15N3O2. The third-order valence-electron chi connectivity index (χ3n) is 3.49. The van der Waals surface area contributed by atoms with E-state index < -0.39 is 0 Å². The first-order valence-corrected chi connectivity index (χ1v) is 7.02. The molecule has 0 unspecified atom stereocenters. The first kappa shape index (κ1) is 14.1. The van der Waals surface area contributed by atoms with Crippen LogP contribution in [0.15, 0.2) is 42.9 Å². The fraction of sp³-hybridized carbons (Fsp3) is 0.176. The standard InChI is InChI=1S/C17H15N3O2/c1-11-9-20-13(10-19-11)5-7-15(21)14-6-4-12-3-2-8-18-16(12)17(14)22/h2-4,6,8-10,22H,5,7H2,1H3. The van der Waals surface area contributed by atoms with Crippen molar-refractivity contribution in [3.63, 3.8) is 0 Å². The van der Waals surface area contributed by atoms with Crippen LogP contribution in [0.25, 0.3) is 10.9 Å². The molecule has 0 fully saturated rings. The first-order valence-electron chi connectivity index (χ1n) is 7.02. The number of aromatic nitrogens is 3. The summed E-state index contributed by atoms with van der Waals surface area (Å²) in [6.07, 6.45) is 5.70. The number of nitrogens with zero attached hydrogens (tertiary/aromatic N) is 3. The van der Waals surface area contributed by atoms with Gasteiger partial charge in [0.2, 0.25) is 0 Å². The average molecular weight is 293 g/mol. The molecule has 3 aromatic rings. The Bertz CT molecular complexity index is 829. The molecule has 22 heavy (non-hydrogen) atoms. The van der Waals surface area contributed by atoms with Crippen molar-refractivity contribution in [1.82, 2.24) is 15.0 Å². The van der Waals surface area contributed by atoms with E-state index in [-0.39, 0.29) is 18.0 Å². The van der Waals surface area contributed by atoms with Crippen molar-refractivity contribution in [3.8, 4) is 5.75 Å². The Kier molecular flexibility index (Phi) is 3.78. The van der Waals surface area contributed by atoms with E-state index in [1.807, 2.05) is 13.0 Å². The molecule has 3 rings (SSSR count). The summed E-state index contributed by atoms with van der Waals surface area (Å²) in [6, 6.07) is 7.07. The lowest BCUT2D eigenvalue weighted by Gasteiger charge is -2.06. The van der Waals surface area contributed by atoms with E-state index in [2.05, 4.69) is 15.0 Å². The van der Waals surface area contributed by atoms with Crippen LogP contribution in [0.1, 0.15) is 28.2 Å². The Morgan fingerprint density at radius 2 is 2.00 bits per heavy atom. The van der Waals surface area contributed by atoms with Gasteiger partial charge in [0.1, 0.15) is 5.52 Å². The van der Waals surface area contributed by atoms with Gasteiger partial charge < -0.3 is 5.11 Å². The highest BCUT2D eigenvalue weighted by Gasteiger charge is 2.14. The minimum absolute atomic E-state index is 0.0573. The molecular weight excluding hydrogens is 278 g/mol. The van der Waals surface area contributed by atoms with Gasteiger partial charge in [-0.05, 0) is 25.5 Å².